The van der Waals surface area contributed by atoms with Crippen LogP contribution in [0.2, 0.25) is 0 Å². The second-order valence-electron chi connectivity index (χ2n) is 2.73. The molecule has 86 valence electrons. The third kappa shape index (κ3) is 2.97. The number of phosphoric acid groups is 1. The minimum absolute atomic E-state index is 0.162. The first kappa shape index (κ1) is 11.4. The smallest absolute Gasteiger partial charge is 0.238 e. The largest absolute Gasteiger partial charge is 0.790 e. The van der Waals surface area contributed by atoms with Crippen molar-refractivity contribution in [1.29, 1.82) is 0 Å². The second kappa shape index (κ2) is 4.44. The molecule has 2 aromatic rings. The lowest BCUT2D eigenvalue weighted by atomic mass is 10.5. The molecule has 0 bridgehead atoms. The summed E-state index contributed by atoms with van der Waals surface area (Å²) in [5, 5.41) is 0. The molecule has 0 N–H and O–H groups in total. The van der Waals surface area contributed by atoms with E-state index in [1.54, 1.807) is 12.3 Å². The summed E-state index contributed by atoms with van der Waals surface area (Å²) in [5.41, 5.74) is 0. The molecule has 0 atom stereocenters. The molecule has 9 heteroatoms. The topological polar surface area (TPSA) is 111 Å². The molecule has 0 amide bonds. The number of rotatable bonds is 4. The molecule has 0 unspecified atom stereocenters. The van der Waals surface area contributed by atoms with Crippen LogP contribution in [-0.2, 0) is 15.7 Å². The number of aromatic nitrogens is 2. The third-order valence-electron chi connectivity index (χ3n) is 1.57. The van der Waals surface area contributed by atoms with Crippen molar-refractivity contribution in [3.63, 3.8) is 0 Å². The fourth-order valence-electron chi connectivity index (χ4n) is 0.957. The maximum absolute atomic E-state index is 10.2. The summed E-state index contributed by atoms with van der Waals surface area (Å²) in [6.45, 7) is -0.448. The van der Waals surface area contributed by atoms with Crippen LogP contribution in [0.4, 0.5) is 0 Å². The van der Waals surface area contributed by atoms with Crippen LogP contribution >= 0.6 is 19.4 Å². The average Bonchev–Trinajstić information content (AvgIpc) is 2.84. The Kier molecular flexibility index (Phi) is 3.17. The van der Waals surface area contributed by atoms with E-state index < -0.39 is 14.4 Å². The summed E-state index contributed by atoms with van der Waals surface area (Å²) in [7, 11) is -4.98. The van der Waals surface area contributed by atoms with E-state index in [1.165, 1.54) is 17.7 Å². The van der Waals surface area contributed by atoms with Crippen molar-refractivity contribution < 1.29 is 23.3 Å². The van der Waals surface area contributed by atoms with Gasteiger partial charge in [-0.1, -0.05) is 0 Å². The second-order valence-corrected chi connectivity index (χ2v) is 4.71. The van der Waals surface area contributed by atoms with E-state index in [4.69, 9.17) is 4.42 Å². The Balaban J connectivity index is 2.06. The number of oxazole rings is 1. The molecule has 0 aliphatic heterocycles. The van der Waals surface area contributed by atoms with Crippen LogP contribution in [0.25, 0.3) is 10.8 Å². The van der Waals surface area contributed by atoms with Gasteiger partial charge in [0.1, 0.15) is 11.5 Å². The molecular formula is C7H5N2O5PS-2. The Morgan fingerprint density at radius 3 is 3.00 bits per heavy atom. The molecule has 7 nitrogen and oxygen atoms in total. The van der Waals surface area contributed by atoms with Gasteiger partial charge >= 0.3 is 0 Å². The highest BCUT2D eigenvalue weighted by molar-refractivity contribution is 7.43. The van der Waals surface area contributed by atoms with Crippen molar-refractivity contribution in [2.75, 3.05) is 0 Å². The number of phosphoric ester groups is 1. The number of nitrogens with zero attached hydrogens (tertiary/aromatic N) is 2. The summed E-state index contributed by atoms with van der Waals surface area (Å²) in [4.78, 5) is 25.0. The van der Waals surface area contributed by atoms with Gasteiger partial charge in [-0.15, -0.1) is 0 Å². The molecule has 0 saturated heterocycles. The summed E-state index contributed by atoms with van der Waals surface area (Å²) >= 11 is 1.19. The van der Waals surface area contributed by atoms with Crippen molar-refractivity contribution in [2.24, 2.45) is 0 Å². The van der Waals surface area contributed by atoms with Crippen molar-refractivity contribution in [2.45, 2.75) is 6.61 Å². The molecule has 0 saturated carbocycles. The van der Waals surface area contributed by atoms with Gasteiger partial charge in [0.05, 0.1) is 14.0 Å². The minimum Gasteiger partial charge on any atom is -0.790 e. The van der Waals surface area contributed by atoms with Crippen LogP contribution in [0.3, 0.4) is 0 Å². The van der Waals surface area contributed by atoms with Crippen LogP contribution in [-0.4, -0.2) is 9.36 Å². The van der Waals surface area contributed by atoms with E-state index in [0.29, 0.717) is 10.8 Å². The predicted octanol–water partition coefficient (Wildman–Crippen LogP) is 0.143. The highest BCUT2D eigenvalue weighted by atomic mass is 32.1. The summed E-state index contributed by atoms with van der Waals surface area (Å²) in [5.74, 6) is 0.475. The zero-order valence-corrected chi connectivity index (χ0v) is 9.44. The van der Waals surface area contributed by atoms with Crippen LogP contribution < -0.4 is 9.79 Å². The van der Waals surface area contributed by atoms with Gasteiger partial charge in [-0.05, 0) is 17.6 Å². The quantitative estimate of drug-likeness (QED) is 0.719. The maximum atomic E-state index is 10.2. The molecule has 0 radical (unpaired) electrons. The zero-order chi connectivity index (χ0) is 11.6. The van der Waals surface area contributed by atoms with E-state index >= 15 is 0 Å². The van der Waals surface area contributed by atoms with E-state index in [9.17, 15) is 14.4 Å². The Hall–Kier alpha value is -1.05. The Labute approximate surface area is 94.1 Å². The molecule has 0 aromatic carbocycles. The van der Waals surface area contributed by atoms with E-state index in [2.05, 4.69) is 13.9 Å². The number of hydrogen-bond donors (Lipinski definition) is 0. The molecule has 2 rings (SSSR count). The van der Waals surface area contributed by atoms with Crippen LogP contribution in [0.1, 0.15) is 5.76 Å². The van der Waals surface area contributed by atoms with Crippen LogP contribution in [0, 0.1) is 0 Å². The van der Waals surface area contributed by atoms with Gasteiger partial charge in [0.25, 0.3) is 0 Å². The normalized spacial score (nSPS) is 11.9. The van der Waals surface area contributed by atoms with Crippen LogP contribution in [0.5, 0.6) is 0 Å². The molecule has 2 heterocycles. The molecule has 0 spiro atoms. The SMILES string of the molecule is O=P([O-])([O-])OCc1cnc(-c2ccns2)o1. The Morgan fingerprint density at radius 2 is 2.38 bits per heavy atom. The van der Waals surface area contributed by atoms with Gasteiger partial charge < -0.3 is 23.3 Å². The fourth-order valence-corrected chi connectivity index (χ4v) is 1.77. The van der Waals surface area contributed by atoms with Gasteiger partial charge in [-0.3, -0.25) is 0 Å². The summed E-state index contributed by atoms with van der Waals surface area (Å²) in [6.07, 6.45) is 2.88. The lowest BCUT2D eigenvalue weighted by molar-refractivity contribution is -0.343. The van der Waals surface area contributed by atoms with Crippen molar-refractivity contribution in [3.8, 4) is 10.8 Å². The predicted molar refractivity (Wildman–Crippen MR) is 50.0 cm³/mol. The van der Waals surface area contributed by atoms with Gasteiger partial charge in [-0.2, -0.15) is 0 Å². The standard InChI is InChI=1S/C7H7N2O5PS/c10-15(11,12)13-4-5-3-8-7(14-5)6-1-2-9-16-6/h1-3H,4H2,(H2,10,11,12)/p-2. The molecule has 0 aliphatic carbocycles. The molecule has 0 fully saturated rings. The fraction of sp³-hybridized carbons (Fsp3) is 0.143. The van der Waals surface area contributed by atoms with E-state index in [0.717, 1.165) is 0 Å². The molecule has 2 aromatic heterocycles. The number of hydrogen-bond acceptors (Lipinski definition) is 8. The van der Waals surface area contributed by atoms with Gasteiger partial charge in [0.15, 0.2) is 5.76 Å². The molecule has 0 aliphatic rings. The Bertz CT molecular complexity index is 505. The summed E-state index contributed by atoms with van der Waals surface area (Å²) < 4.78 is 23.3. The van der Waals surface area contributed by atoms with Crippen molar-refractivity contribution in [1.82, 2.24) is 9.36 Å². The first-order valence-electron chi connectivity index (χ1n) is 4.07. The van der Waals surface area contributed by atoms with Gasteiger partial charge in [-0.25, -0.2) is 9.36 Å². The lowest BCUT2D eigenvalue weighted by Gasteiger charge is -2.27. The molecule has 16 heavy (non-hydrogen) atoms. The maximum Gasteiger partial charge on any atom is 0.238 e. The van der Waals surface area contributed by atoms with Gasteiger partial charge in [0, 0.05) is 6.20 Å². The first-order chi connectivity index (χ1) is 7.54. The monoisotopic (exact) mass is 260 g/mol. The Morgan fingerprint density at radius 1 is 1.56 bits per heavy atom. The van der Waals surface area contributed by atoms with Crippen molar-refractivity contribution >= 4 is 19.4 Å². The van der Waals surface area contributed by atoms with E-state index in [1.807, 2.05) is 0 Å². The lowest BCUT2D eigenvalue weighted by Crippen LogP contribution is -2.15. The average molecular weight is 260 g/mol. The minimum atomic E-state index is -4.98. The first-order valence-corrected chi connectivity index (χ1v) is 6.30. The van der Waals surface area contributed by atoms with E-state index in [-0.39, 0.29) is 5.76 Å². The van der Waals surface area contributed by atoms with Crippen molar-refractivity contribution in [3.05, 3.63) is 24.2 Å². The summed E-state index contributed by atoms with van der Waals surface area (Å²) in [6, 6.07) is 1.70. The zero-order valence-electron chi connectivity index (χ0n) is 7.73. The third-order valence-corrected chi connectivity index (χ3v) is 2.75. The van der Waals surface area contributed by atoms with Crippen LogP contribution in [0.15, 0.2) is 22.9 Å². The highest BCUT2D eigenvalue weighted by Crippen LogP contribution is 2.28. The molecular weight excluding hydrogens is 255 g/mol. The van der Waals surface area contributed by atoms with Gasteiger partial charge in [0.2, 0.25) is 5.89 Å². The highest BCUT2D eigenvalue weighted by Gasteiger charge is 2.08.